The quantitative estimate of drug-likeness (QED) is 0.499. The molecule has 1 rings (SSSR count). The van der Waals surface area contributed by atoms with Crippen molar-refractivity contribution >= 4 is 10.4 Å². The van der Waals surface area contributed by atoms with Crippen molar-refractivity contribution in [2.75, 3.05) is 0 Å². The molecule has 0 spiro atoms. The Morgan fingerprint density at radius 1 is 0.769 bits per heavy atom. The zero-order chi connectivity index (χ0) is 10.7. The Bertz CT molecular complexity index is 246. The van der Waals surface area contributed by atoms with Crippen molar-refractivity contribution in [3.63, 3.8) is 0 Å². The normalized spacial score (nSPS) is 8.46. The first-order valence-corrected chi connectivity index (χ1v) is 4.60. The fourth-order valence-electron chi connectivity index (χ4n) is 0.385. The molecule has 13 heavy (non-hydrogen) atoms. The van der Waals surface area contributed by atoms with E-state index in [2.05, 4.69) is 13.2 Å². The SMILES string of the molecule is C=C.O=S(=O)(O)O.c1ccccc1. The highest BCUT2D eigenvalue weighted by atomic mass is 32.3. The van der Waals surface area contributed by atoms with Crippen molar-refractivity contribution in [3.8, 4) is 0 Å². The van der Waals surface area contributed by atoms with Crippen LogP contribution in [0.4, 0.5) is 0 Å². The third-order valence-corrected chi connectivity index (χ3v) is 0.667. The van der Waals surface area contributed by atoms with Crippen molar-refractivity contribution in [1.82, 2.24) is 0 Å². The monoisotopic (exact) mass is 204 g/mol. The van der Waals surface area contributed by atoms with Gasteiger partial charge >= 0.3 is 10.4 Å². The highest BCUT2D eigenvalue weighted by molar-refractivity contribution is 7.79. The van der Waals surface area contributed by atoms with E-state index in [9.17, 15) is 0 Å². The molecule has 0 unspecified atom stereocenters. The molecule has 2 N–H and O–H groups in total. The minimum atomic E-state index is -4.67. The van der Waals surface area contributed by atoms with E-state index in [1.54, 1.807) is 0 Å². The second-order valence-electron chi connectivity index (χ2n) is 1.60. The largest absolute Gasteiger partial charge is 0.394 e. The maximum Gasteiger partial charge on any atom is 0.394 e. The first kappa shape index (κ1) is 14.4. The fraction of sp³-hybridized carbons (Fsp3) is 0. The van der Waals surface area contributed by atoms with Gasteiger partial charge in [0.25, 0.3) is 0 Å². The van der Waals surface area contributed by atoms with Gasteiger partial charge in [0, 0.05) is 0 Å². The Labute approximate surface area is 78.1 Å². The molecule has 0 heterocycles. The van der Waals surface area contributed by atoms with E-state index in [1.165, 1.54) is 0 Å². The lowest BCUT2D eigenvalue weighted by molar-refractivity contribution is 0.381. The lowest BCUT2D eigenvalue weighted by Gasteiger charge is -1.69. The van der Waals surface area contributed by atoms with E-state index in [0.717, 1.165) is 0 Å². The molecule has 0 amide bonds. The smallest absolute Gasteiger partial charge is 0.264 e. The van der Waals surface area contributed by atoms with Crippen LogP contribution in [0.3, 0.4) is 0 Å². The number of hydrogen-bond acceptors (Lipinski definition) is 2. The summed E-state index contributed by atoms with van der Waals surface area (Å²) in [6, 6.07) is 12.0. The summed E-state index contributed by atoms with van der Waals surface area (Å²) < 4.78 is 31.6. The summed E-state index contributed by atoms with van der Waals surface area (Å²) in [6.07, 6.45) is 0. The summed E-state index contributed by atoms with van der Waals surface area (Å²) in [5.41, 5.74) is 0. The van der Waals surface area contributed by atoms with Gasteiger partial charge in [-0.05, 0) is 0 Å². The predicted octanol–water partition coefficient (Wildman–Crippen LogP) is 1.84. The van der Waals surface area contributed by atoms with Crippen LogP contribution in [0, 0.1) is 0 Å². The zero-order valence-corrected chi connectivity index (χ0v) is 7.81. The average molecular weight is 204 g/mol. The van der Waals surface area contributed by atoms with Gasteiger partial charge in [-0.2, -0.15) is 8.42 Å². The maximum absolute atomic E-state index is 8.74. The molecule has 0 fully saturated rings. The van der Waals surface area contributed by atoms with Crippen LogP contribution in [-0.2, 0) is 10.4 Å². The van der Waals surface area contributed by atoms with E-state index in [-0.39, 0.29) is 0 Å². The van der Waals surface area contributed by atoms with Gasteiger partial charge in [-0.25, -0.2) is 0 Å². The summed E-state index contributed by atoms with van der Waals surface area (Å²) in [5.74, 6) is 0. The van der Waals surface area contributed by atoms with Crippen LogP contribution < -0.4 is 0 Å². The molecule has 0 aliphatic heterocycles. The molecule has 1 aromatic rings. The van der Waals surface area contributed by atoms with Crippen LogP contribution in [0.5, 0.6) is 0 Å². The summed E-state index contributed by atoms with van der Waals surface area (Å²) >= 11 is 0. The Morgan fingerprint density at radius 2 is 0.846 bits per heavy atom. The molecule has 0 bridgehead atoms. The van der Waals surface area contributed by atoms with Gasteiger partial charge in [-0.1, -0.05) is 36.4 Å². The third-order valence-electron chi connectivity index (χ3n) is 0.667. The van der Waals surface area contributed by atoms with Crippen molar-refractivity contribution in [2.45, 2.75) is 0 Å². The minimum Gasteiger partial charge on any atom is -0.264 e. The molecule has 0 aromatic heterocycles. The van der Waals surface area contributed by atoms with Crippen LogP contribution in [0.15, 0.2) is 49.6 Å². The number of hydrogen-bond donors (Lipinski definition) is 2. The molecule has 0 aliphatic rings. The molecular formula is C8H12O4S. The Hall–Kier alpha value is -1.17. The second kappa shape index (κ2) is 8.92. The van der Waals surface area contributed by atoms with E-state index in [1.807, 2.05) is 36.4 Å². The second-order valence-corrected chi connectivity index (χ2v) is 2.50. The molecule has 4 nitrogen and oxygen atoms in total. The van der Waals surface area contributed by atoms with Gasteiger partial charge in [0.05, 0.1) is 0 Å². The maximum atomic E-state index is 8.74. The molecule has 0 saturated carbocycles. The van der Waals surface area contributed by atoms with Gasteiger partial charge in [0.15, 0.2) is 0 Å². The van der Waals surface area contributed by atoms with Gasteiger partial charge in [-0.3, -0.25) is 9.11 Å². The van der Waals surface area contributed by atoms with Gasteiger partial charge in [-0.15, -0.1) is 13.2 Å². The number of rotatable bonds is 0. The predicted molar refractivity (Wildman–Crippen MR) is 51.9 cm³/mol. The minimum absolute atomic E-state index is 2.00. The van der Waals surface area contributed by atoms with E-state index in [0.29, 0.717) is 0 Å². The lowest BCUT2D eigenvalue weighted by Crippen LogP contribution is -1.89. The highest BCUT2D eigenvalue weighted by Gasteiger charge is 1.84. The standard InChI is InChI=1S/C6H6.C2H4.H2O4S/c1-2-4-6-5-3-1;1-2;1-5(2,3)4/h1-6H;1-2H2;(H2,1,2,3,4). The first-order chi connectivity index (χ1) is 6.00. The van der Waals surface area contributed by atoms with Crippen molar-refractivity contribution in [1.29, 1.82) is 0 Å². The van der Waals surface area contributed by atoms with Crippen LogP contribution in [0.1, 0.15) is 0 Å². The first-order valence-electron chi connectivity index (χ1n) is 3.20. The highest BCUT2D eigenvalue weighted by Crippen LogP contribution is 1.79. The molecule has 74 valence electrons. The Kier molecular flexibility index (Phi) is 9.86. The average Bonchev–Trinajstić information content (AvgIpc) is 2.08. The summed E-state index contributed by atoms with van der Waals surface area (Å²) in [5, 5.41) is 0. The van der Waals surface area contributed by atoms with Crippen molar-refractivity contribution in [2.24, 2.45) is 0 Å². The van der Waals surface area contributed by atoms with Gasteiger partial charge < -0.3 is 0 Å². The molecule has 5 heteroatoms. The molecular weight excluding hydrogens is 192 g/mol. The lowest BCUT2D eigenvalue weighted by atomic mass is 10.4. The summed E-state index contributed by atoms with van der Waals surface area (Å²) in [6.45, 7) is 6.00. The van der Waals surface area contributed by atoms with Gasteiger partial charge in [0.1, 0.15) is 0 Å². The van der Waals surface area contributed by atoms with Crippen LogP contribution >= 0.6 is 0 Å². The molecule has 0 radical (unpaired) electrons. The van der Waals surface area contributed by atoms with Crippen molar-refractivity contribution < 1.29 is 17.5 Å². The fourth-order valence-corrected chi connectivity index (χ4v) is 0.385. The molecule has 0 aliphatic carbocycles. The van der Waals surface area contributed by atoms with Crippen molar-refractivity contribution in [3.05, 3.63) is 49.6 Å². The summed E-state index contributed by atoms with van der Waals surface area (Å²) in [4.78, 5) is 0. The van der Waals surface area contributed by atoms with Crippen LogP contribution in [0.25, 0.3) is 0 Å². The van der Waals surface area contributed by atoms with Crippen LogP contribution in [-0.4, -0.2) is 17.5 Å². The molecule has 1 aromatic carbocycles. The van der Waals surface area contributed by atoms with E-state index < -0.39 is 10.4 Å². The molecule has 0 atom stereocenters. The Balaban J connectivity index is 0. The molecule has 0 saturated heterocycles. The van der Waals surface area contributed by atoms with E-state index in [4.69, 9.17) is 17.5 Å². The zero-order valence-electron chi connectivity index (χ0n) is 7.00. The topological polar surface area (TPSA) is 74.6 Å². The summed E-state index contributed by atoms with van der Waals surface area (Å²) in [7, 11) is -4.67. The Morgan fingerprint density at radius 3 is 0.923 bits per heavy atom. The third kappa shape index (κ3) is 36.2. The van der Waals surface area contributed by atoms with Gasteiger partial charge in [0.2, 0.25) is 0 Å². The van der Waals surface area contributed by atoms with Crippen LogP contribution in [0.2, 0.25) is 0 Å². The van der Waals surface area contributed by atoms with E-state index >= 15 is 0 Å². The number of benzene rings is 1.